The zero-order valence-corrected chi connectivity index (χ0v) is 16.1. The molecule has 1 amide bonds. The molecule has 0 spiro atoms. The van der Waals surface area contributed by atoms with Crippen LogP contribution in [0.4, 0.5) is 0 Å². The number of carbonyl (C=O) groups is 1. The molecule has 3 aromatic carbocycles. The number of benzene rings is 3. The fourth-order valence-corrected chi connectivity index (χ4v) is 3.19. The molecular formula is C24H23N3O2. The van der Waals surface area contributed by atoms with E-state index < -0.39 is 0 Å². The Balaban J connectivity index is 1.23. The summed E-state index contributed by atoms with van der Waals surface area (Å²) in [6.45, 7) is 1.93. The third-order valence-electron chi connectivity index (χ3n) is 4.75. The van der Waals surface area contributed by atoms with Crippen LogP contribution in [0.15, 0.2) is 85.2 Å². The van der Waals surface area contributed by atoms with Crippen molar-refractivity contribution in [3.63, 3.8) is 0 Å². The number of rotatable bonds is 8. The van der Waals surface area contributed by atoms with Crippen LogP contribution in [0.2, 0.25) is 0 Å². The number of aromatic nitrogens is 2. The zero-order valence-electron chi connectivity index (χ0n) is 16.1. The number of nitrogens with zero attached hydrogens (tertiary/aromatic N) is 2. The molecule has 1 aromatic heterocycles. The van der Waals surface area contributed by atoms with E-state index in [0.717, 1.165) is 35.3 Å². The maximum Gasteiger partial charge on any atom is 0.251 e. The van der Waals surface area contributed by atoms with E-state index in [2.05, 4.69) is 20.9 Å². The lowest BCUT2D eigenvalue weighted by Gasteiger charge is -2.09. The highest BCUT2D eigenvalue weighted by Gasteiger charge is 2.06. The topological polar surface area (TPSA) is 56.2 Å². The van der Waals surface area contributed by atoms with Crippen LogP contribution in [-0.4, -0.2) is 22.0 Å². The Morgan fingerprint density at radius 3 is 2.52 bits per heavy atom. The average Bonchev–Trinajstić information content (AvgIpc) is 3.19. The van der Waals surface area contributed by atoms with Gasteiger partial charge in [-0.2, -0.15) is 0 Å². The van der Waals surface area contributed by atoms with Crippen LogP contribution in [0.3, 0.4) is 0 Å². The lowest BCUT2D eigenvalue weighted by atomic mass is 10.2. The molecule has 1 heterocycles. The summed E-state index contributed by atoms with van der Waals surface area (Å²) in [6, 6.07) is 25.3. The fourth-order valence-electron chi connectivity index (χ4n) is 3.19. The van der Waals surface area contributed by atoms with E-state index in [0.29, 0.717) is 18.7 Å². The first kappa shape index (κ1) is 18.7. The number of imidazole rings is 1. The molecule has 146 valence electrons. The smallest absolute Gasteiger partial charge is 0.251 e. The second-order valence-corrected chi connectivity index (χ2v) is 6.83. The third-order valence-corrected chi connectivity index (χ3v) is 4.75. The van der Waals surface area contributed by atoms with Crippen LogP contribution >= 0.6 is 0 Å². The maximum absolute atomic E-state index is 12.3. The van der Waals surface area contributed by atoms with Crippen LogP contribution in [0, 0.1) is 0 Å². The summed E-state index contributed by atoms with van der Waals surface area (Å²) in [5.41, 5.74) is 3.85. The molecule has 0 atom stereocenters. The molecule has 29 heavy (non-hydrogen) atoms. The number of amides is 1. The second-order valence-electron chi connectivity index (χ2n) is 6.83. The minimum Gasteiger partial charge on any atom is -0.489 e. The third kappa shape index (κ3) is 4.82. The van der Waals surface area contributed by atoms with Gasteiger partial charge in [0.05, 0.1) is 17.4 Å². The van der Waals surface area contributed by atoms with Gasteiger partial charge in [-0.25, -0.2) is 4.98 Å². The number of hydrogen-bond donors (Lipinski definition) is 1. The molecule has 0 saturated heterocycles. The van der Waals surface area contributed by atoms with Crippen molar-refractivity contribution in [3.8, 4) is 5.75 Å². The monoisotopic (exact) mass is 385 g/mol. The number of nitrogens with one attached hydrogen (secondary N) is 1. The Bertz CT molecular complexity index is 1070. The molecular weight excluding hydrogens is 362 g/mol. The van der Waals surface area contributed by atoms with Crippen molar-refractivity contribution >= 4 is 16.9 Å². The van der Waals surface area contributed by atoms with E-state index in [-0.39, 0.29) is 5.91 Å². The van der Waals surface area contributed by atoms with Crippen LogP contribution in [0.5, 0.6) is 5.75 Å². The highest BCUT2D eigenvalue weighted by Crippen LogP contribution is 2.15. The van der Waals surface area contributed by atoms with Gasteiger partial charge >= 0.3 is 0 Å². The zero-order chi connectivity index (χ0) is 19.9. The van der Waals surface area contributed by atoms with Crippen molar-refractivity contribution in [2.45, 2.75) is 19.6 Å². The van der Waals surface area contributed by atoms with Crippen molar-refractivity contribution in [2.24, 2.45) is 0 Å². The summed E-state index contributed by atoms with van der Waals surface area (Å²) in [7, 11) is 0. The molecule has 4 aromatic rings. The van der Waals surface area contributed by atoms with E-state index in [1.54, 1.807) is 12.1 Å². The highest BCUT2D eigenvalue weighted by atomic mass is 16.5. The van der Waals surface area contributed by atoms with E-state index in [1.165, 1.54) is 0 Å². The van der Waals surface area contributed by atoms with Gasteiger partial charge < -0.3 is 14.6 Å². The van der Waals surface area contributed by atoms with Gasteiger partial charge in [-0.1, -0.05) is 42.5 Å². The van der Waals surface area contributed by atoms with Gasteiger partial charge in [0.1, 0.15) is 12.4 Å². The summed E-state index contributed by atoms with van der Waals surface area (Å²) < 4.78 is 7.87. The second kappa shape index (κ2) is 9.06. The van der Waals surface area contributed by atoms with Gasteiger partial charge in [-0.15, -0.1) is 0 Å². The minimum absolute atomic E-state index is 0.0740. The Kier molecular flexibility index (Phi) is 5.86. The molecule has 0 unspecified atom stereocenters. The predicted molar refractivity (Wildman–Crippen MR) is 114 cm³/mol. The van der Waals surface area contributed by atoms with Crippen molar-refractivity contribution in [1.82, 2.24) is 14.9 Å². The normalized spacial score (nSPS) is 10.8. The molecule has 5 nitrogen and oxygen atoms in total. The lowest BCUT2D eigenvalue weighted by Crippen LogP contribution is -2.25. The summed E-state index contributed by atoms with van der Waals surface area (Å²) >= 11 is 0. The van der Waals surface area contributed by atoms with Gasteiger partial charge in [0.2, 0.25) is 0 Å². The molecule has 0 fully saturated rings. The van der Waals surface area contributed by atoms with Crippen molar-refractivity contribution in [3.05, 3.63) is 96.3 Å². The molecule has 0 bridgehead atoms. The van der Waals surface area contributed by atoms with Crippen LogP contribution in [-0.2, 0) is 13.2 Å². The Hall–Kier alpha value is -3.60. The molecule has 0 aliphatic rings. The standard InChI is InChI=1S/C24H23N3O2/c28-24(25-15-6-16-27-18-26-22-9-4-5-10-23(22)27)20-11-13-21(14-12-20)29-17-19-7-2-1-3-8-19/h1-5,7-14,18H,6,15-17H2,(H,25,28). The summed E-state index contributed by atoms with van der Waals surface area (Å²) in [5.74, 6) is 0.674. The minimum atomic E-state index is -0.0740. The first-order valence-electron chi connectivity index (χ1n) is 9.74. The molecule has 0 saturated carbocycles. The number of hydrogen-bond acceptors (Lipinski definition) is 3. The van der Waals surface area contributed by atoms with Crippen LogP contribution in [0.1, 0.15) is 22.3 Å². The van der Waals surface area contributed by atoms with E-state index in [1.807, 2.05) is 67.0 Å². The maximum atomic E-state index is 12.3. The van der Waals surface area contributed by atoms with E-state index >= 15 is 0 Å². The quantitative estimate of drug-likeness (QED) is 0.456. The number of aryl methyl sites for hydroxylation is 1. The van der Waals surface area contributed by atoms with Crippen LogP contribution in [0.25, 0.3) is 11.0 Å². The Labute approximate surface area is 170 Å². The molecule has 0 aliphatic carbocycles. The van der Waals surface area contributed by atoms with Crippen molar-refractivity contribution in [2.75, 3.05) is 6.54 Å². The number of ether oxygens (including phenoxy) is 1. The predicted octanol–water partition coefficient (Wildman–Crippen LogP) is 4.44. The van der Waals surface area contributed by atoms with Gasteiger partial charge in [0.15, 0.2) is 0 Å². The van der Waals surface area contributed by atoms with Gasteiger partial charge in [-0.05, 0) is 48.4 Å². The molecule has 5 heteroatoms. The molecule has 1 N–H and O–H groups in total. The first-order valence-corrected chi connectivity index (χ1v) is 9.74. The van der Waals surface area contributed by atoms with Gasteiger partial charge in [-0.3, -0.25) is 4.79 Å². The highest BCUT2D eigenvalue weighted by molar-refractivity contribution is 5.94. The average molecular weight is 385 g/mol. The first-order chi connectivity index (χ1) is 14.3. The number of fused-ring (bicyclic) bond motifs is 1. The van der Waals surface area contributed by atoms with E-state index in [4.69, 9.17) is 4.74 Å². The SMILES string of the molecule is O=C(NCCCn1cnc2ccccc21)c1ccc(OCc2ccccc2)cc1. The van der Waals surface area contributed by atoms with Crippen molar-refractivity contribution in [1.29, 1.82) is 0 Å². The van der Waals surface area contributed by atoms with Gasteiger partial charge in [0.25, 0.3) is 5.91 Å². The largest absolute Gasteiger partial charge is 0.489 e. The Morgan fingerprint density at radius 1 is 0.931 bits per heavy atom. The summed E-state index contributed by atoms with van der Waals surface area (Å²) in [4.78, 5) is 16.7. The van der Waals surface area contributed by atoms with Crippen LogP contribution < -0.4 is 10.1 Å². The molecule has 4 rings (SSSR count). The van der Waals surface area contributed by atoms with Crippen molar-refractivity contribution < 1.29 is 9.53 Å². The summed E-state index contributed by atoms with van der Waals surface area (Å²) in [5, 5.41) is 2.97. The molecule has 0 radical (unpaired) electrons. The summed E-state index contributed by atoms with van der Waals surface area (Å²) in [6.07, 6.45) is 2.69. The lowest BCUT2D eigenvalue weighted by molar-refractivity contribution is 0.0952. The Morgan fingerprint density at radius 2 is 1.69 bits per heavy atom. The fraction of sp³-hybridized carbons (Fsp3) is 0.167. The van der Waals surface area contributed by atoms with E-state index in [9.17, 15) is 4.79 Å². The molecule has 0 aliphatic heterocycles. The van der Waals surface area contributed by atoms with Gasteiger partial charge in [0, 0.05) is 18.7 Å². The number of carbonyl (C=O) groups excluding carboxylic acids is 1. The number of para-hydroxylation sites is 2.